The minimum Gasteiger partial charge on any atom is -0.489 e. The van der Waals surface area contributed by atoms with Gasteiger partial charge in [-0.05, 0) is 101 Å². The zero-order valence-corrected chi connectivity index (χ0v) is 34.7. The lowest BCUT2D eigenvalue weighted by atomic mass is 9.92. The number of fused-ring (bicyclic) bond motifs is 2. The summed E-state index contributed by atoms with van der Waals surface area (Å²) in [7, 11) is 0. The molecule has 4 heterocycles. The summed E-state index contributed by atoms with van der Waals surface area (Å²) in [6, 6.07) is 23.8. The number of aryl methyl sites for hydroxylation is 1. The summed E-state index contributed by atoms with van der Waals surface area (Å²) in [5.74, 6) is 0.0129. The zero-order chi connectivity index (χ0) is 41.9. The third-order valence-corrected chi connectivity index (χ3v) is 12.0. The second-order valence-electron chi connectivity index (χ2n) is 15.2. The van der Waals surface area contributed by atoms with Crippen LogP contribution in [0.3, 0.4) is 0 Å². The van der Waals surface area contributed by atoms with Crippen molar-refractivity contribution in [2.45, 2.75) is 58.0 Å². The molecule has 3 aliphatic heterocycles. The van der Waals surface area contributed by atoms with Crippen molar-refractivity contribution < 1.29 is 38.4 Å². The van der Waals surface area contributed by atoms with E-state index < -0.39 is 30.1 Å². The topological polar surface area (TPSA) is 140 Å². The molecule has 4 aromatic carbocycles. The van der Waals surface area contributed by atoms with Gasteiger partial charge < -0.3 is 39.2 Å². The lowest BCUT2D eigenvalue weighted by molar-refractivity contribution is -0.142. The van der Waals surface area contributed by atoms with Crippen LogP contribution in [-0.4, -0.2) is 82.8 Å². The van der Waals surface area contributed by atoms with Gasteiger partial charge in [-0.3, -0.25) is 9.78 Å². The molecule has 3 amide bonds. The highest BCUT2D eigenvalue weighted by atomic mass is 35.5. The van der Waals surface area contributed by atoms with Gasteiger partial charge >= 0.3 is 12.0 Å². The summed E-state index contributed by atoms with van der Waals surface area (Å²) in [5, 5.41) is 14.0. The molecule has 14 heteroatoms. The van der Waals surface area contributed by atoms with Gasteiger partial charge in [-0.1, -0.05) is 65.7 Å². The maximum Gasteiger partial charge on any atom is 0.326 e. The van der Waals surface area contributed by atoms with Gasteiger partial charge in [0.2, 0.25) is 5.91 Å². The van der Waals surface area contributed by atoms with Crippen molar-refractivity contribution in [3.8, 4) is 28.4 Å². The Morgan fingerprint density at radius 3 is 2.37 bits per heavy atom. The van der Waals surface area contributed by atoms with E-state index >= 15 is 0 Å². The Balaban J connectivity index is 0.971. The normalized spacial score (nSPS) is 17.7. The number of carboxylic acid groups (broad SMARTS) is 1. The monoisotopic (exact) mass is 850 g/mol. The smallest absolute Gasteiger partial charge is 0.326 e. The molecule has 310 valence electrons. The quantitative estimate of drug-likeness (QED) is 0.144. The third kappa shape index (κ3) is 9.01. The van der Waals surface area contributed by atoms with Crippen LogP contribution in [0.4, 0.5) is 4.79 Å². The van der Waals surface area contributed by atoms with E-state index in [1.807, 2.05) is 86.6 Å². The number of carbonyl (C=O) groups excluding carboxylic acids is 2. The van der Waals surface area contributed by atoms with Crippen molar-refractivity contribution in [1.29, 1.82) is 0 Å². The molecule has 0 unspecified atom stereocenters. The fraction of sp³-hybridized carbons (Fsp3) is 0.304. The number of carbonyl (C=O) groups is 3. The Labute approximate surface area is 357 Å². The number of pyridine rings is 1. The van der Waals surface area contributed by atoms with Gasteiger partial charge in [0.05, 0.1) is 23.3 Å². The first-order valence-electron chi connectivity index (χ1n) is 19.8. The van der Waals surface area contributed by atoms with Crippen molar-refractivity contribution in [3.63, 3.8) is 0 Å². The van der Waals surface area contributed by atoms with Crippen LogP contribution in [0.2, 0.25) is 10.0 Å². The van der Waals surface area contributed by atoms with Crippen LogP contribution >= 0.6 is 23.2 Å². The second-order valence-corrected chi connectivity index (χ2v) is 16.0. The zero-order valence-electron chi connectivity index (χ0n) is 33.2. The summed E-state index contributed by atoms with van der Waals surface area (Å²) in [4.78, 5) is 48.4. The maximum atomic E-state index is 14.2. The van der Waals surface area contributed by atoms with Crippen molar-refractivity contribution in [2.75, 3.05) is 32.9 Å². The number of nitrogens with one attached hydrogen (secondary N) is 1. The van der Waals surface area contributed by atoms with Gasteiger partial charge in [0.1, 0.15) is 31.0 Å². The fourth-order valence-electron chi connectivity index (χ4n) is 7.74. The number of rotatable bonds is 10. The molecule has 3 aliphatic rings. The van der Waals surface area contributed by atoms with Gasteiger partial charge in [-0.2, -0.15) is 0 Å². The molecule has 0 saturated carbocycles. The van der Waals surface area contributed by atoms with Crippen LogP contribution in [-0.2, 0) is 40.3 Å². The first kappa shape index (κ1) is 40.9. The number of urea groups is 1. The number of morpholine rings is 1. The van der Waals surface area contributed by atoms with E-state index in [9.17, 15) is 19.5 Å². The summed E-state index contributed by atoms with van der Waals surface area (Å²) < 4.78 is 24.1. The Morgan fingerprint density at radius 1 is 0.900 bits per heavy atom. The van der Waals surface area contributed by atoms with Gasteiger partial charge in [-0.25, -0.2) is 9.59 Å². The Hall–Kier alpha value is -5.82. The summed E-state index contributed by atoms with van der Waals surface area (Å²) in [6.45, 7) is 6.20. The molecule has 1 fully saturated rings. The second kappa shape index (κ2) is 17.8. The van der Waals surface area contributed by atoms with Gasteiger partial charge in [0.25, 0.3) is 0 Å². The average molecular weight is 852 g/mol. The molecule has 0 spiro atoms. The minimum atomic E-state index is -1.23. The molecule has 12 nitrogen and oxygen atoms in total. The lowest BCUT2D eigenvalue weighted by Gasteiger charge is -2.40. The van der Waals surface area contributed by atoms with Crippen LogP contribution in [0.15, 0.2) is 91.1 Å². The number of halogens is 2. The highest BCUT2D eigenvalue weighted by Gasteiger charge is 2.39. The number of benzene rings is 4. The lowest BCUT2D eigenvalue weighted by Crippen LogP contribution is -2.59. The Kier molecular flexibility index (Phi) is 12.1. The number of hydrogen-bond acceptors (Lipinski definition) is 8. The van der Waals surface area contributed by atoms with Crippen LogP contribution in [0.25, 0.3) is 11.1 Å². The molecule has 1 saturated heterocycles. The van der Waals surface area contributed by atoms with E-state index in [4.69, 9.17) is 42.1 Å². The van der Waals surface area contributed by atoms with E-state index in [0.717, 1.165) is 50.2 Å². The van der Waals surface area contributed by atoms with Crippen LogP contribution in [0.5, 0.6) is 17.2 Å². The van der Waals surface area contributed by atoms with Crippen LogP contribution < -0.4 is 19.5 Å². The number of carboxylic acids is 1. The predicted octanol–water partition coefficient (Wildman–Crippen LogP) is 7.75. The molecule has 0 radical (unpaired) electrons. The molecular formula is C46H44Cl2N4O8. The molecule has 0 aliphatic carbocycles. The largest absolute Gasteiger partial charge is 0.489 e. The van der Waals surface area contributed by atoms with Crippen molar-refractivity contribution in [1.82, 2.24) is 20.1 Å². The number of aromatic nitrogens is 1. The van der Waals surface area contributed by atoms with Crippen LogP contribution in [0.1, 0.15) is 45.2 Å². The average Bonchev–Trinajstić information content (AvgIpc) is 3.26. The first-order valence-corrected chi connectivity index (χ1v) is 20.6. The summed E-state index contributed by atoms with van der Waals surface area (Å²) >= 11 is 12.2. The third-order valence-electron chi connectivity index (χ3n) is 11.3. The highest BCUT2D eigenvalue weighted by Crippen LogP contribution is 2.41. The Bertz CT molecular complexity index is 2410. The molecule has 2 N–H and O–H groups in total. The first-order chi connectivity index (χ1) is 29.0. The molecule has 3 atom stereocenters. The van der Waals surface area contributed by atoms with Crippen molar-refractivity contribution in [2.24, 2.45) is 0 Å². The molecular weight excluding hydrogens is 807 g/mol. The van der Waals surface area contributed by atoms with E-state index in [2.05, 4.69) is 10.3 Å². The Morgan fingerprint density at radius 2 is 1.63 bits per heavy atom. The number of nitrogens with zero attached hydrogens (tertiary/aromatic N) is 3. The van der Waals surface area contributed by atoms with Gasteiger partial charge in [0.15, 0.2) is 17.6 Å². The van der Waals surface area contributed by atoms with Crippen LogP contribution in [0, 0.1) is 13.8 Å². The van der Waals surface area contributed by atoms with Gasteiger partial charge in [-0.15, -0.1) is 0 Å². The van der Waals surface area contributed by atoms with E-state index in [0.29, 0.717) is 60.2 Å². The number of amides is 3. The minimum absolute atomic E-state index is 0.0603. The SMILES string of the molecule is Cc1nccc(-c2ccc(C[C@H](NC(=O)[C@@H]3Cc4cc5c(cc4CN3C(=O)N3CCOCC3)O[C@@H](c3ccc(OCc4ccc(Cl)c(Cl)c4)cc3)CO5)C(=O)O)cc2)c1C. The maximum absolute atomic E-state index is 14.2. The molecule has 8 rings (SSSR count). The number of aliphatic carboxylic acids is 1. The fourth-order valence-corrected chi connectivity index (χ4v) is 8.06. The molecule has 5 aromatic rings. The van der Waals surface area contributed by atoms with Crippen molar-refractivity contribution >= 4 is 41.1 Å². The molecule has 60 heavy (non-hydrogen) atoms. The summed E-state index contributed by atoms with van der Waals surface area (Å²) in [6.07, 6.45) is 1.59. The predicted molar refractivity (Wildman–Crippen MR) is 226 cm³/mol. The molecule has 0 bridgehead atoms. The number of hydrogen-bond donors (Lipinski definition) is 2. The van der Waals surface area contributed by atoms with E-state index in [-0.39, 0.29) is 32.0 Å². The van der Waals surface area contributed by atoms with Crippen molar-refractivity contribution in [3.05, 3.63) is 140 Å². The van der Waals surface area contributed by atoms with E-state index in [1.165, 1.54) is 4.90 Å². The standard InChI is InChI=1S/C46H44Cl2N4O8/c1-27-28(2)49-14-13-36(27)31-6-3-29(4-7-31)20-39(45(54)55)50-44(53)40-21-33-22-41-42(23-34(33)24-52(40)46(56)51-15-17-57-18-16-51)60-43(26-59-41)32-8-10-35(11-9-32)58-25-30-5-12-37(47)38(48)19-30/h3-14,19,22-23,39-40,43H,15-18,20-21,24-26H2,1-2H3,(H,50,53)(H,54,55)/t39-,40-,43+/m0/s1. The highest BCUT2D eigenvalue weighted by molar-refractivity contribution is 6.42. The molecule has 1 aromatic heterocycles. The van der Waals surface area contributed by atoms with E-state index in [1.54, 1.807) is 23.2 Å². The summed E-state index contributed by atoms with van der Waals surface area (Å²) in [5.41, 5.74) is 8.20. The number of ether oxygens (including phenoxy) is 4. The van der Waals surface area contributed by atoms with Gasteiger partial charge in [0, 0.05) is 44.4 Å².